The first-order valence-corrected chi connectivity index (χ1v) is 12.5. The molecule has 11 heteroatoms. The lowest BCUT2D eigenvalue weighted by molar-refractivity contribution is -0.129. The molecule has 1 aromatic carbocycles. The third kappa shape index (κ3) is 4.22. The molecular formula is C25H25BrN8O2. The van der Waals surface area contributed by atoms with Gasteiger partial charge in [-0.2, -0.15) is 15.3 Å². The molecule has 0 radical (unpaired) electrons. The van der Waals surface area contributed by atoms with Gasteiger partial charge in [-0.1, -0.05) is 6.92 Å². The maximum Gasteiger partial charge on any atom is 0.226 e. The summed E-state index contributed by atoms with van der Waals surface area (Å²) in [5, 5.41) is 21.2. The number of halogens is 1. The molecule has 3 atom stereocenters. The second kappa shape index (κ2) is 9.35. The Labute approximate surface area is 216 Å². The van der Waals surface area contributed by atoms with E-state index in [4.69, 9.17) is 9.40 Å². The van der Waals surface area contributed by atoms with Crippen LogP contribution in [0.15, 0.2) is 45.9 Å². The number of anilines is 1. The molecule has 10 nitrogen and oxygen atoms in total. The second-order valence-electron chi connectivity index (χ2n) is 9.32. The van der Waals surface area contributed by atoms with Crippen LogP contribution in [-0.4, -0.2) is 43.7 Å². The number of hydrogen-bond donors (Lipinski definition) is 2. The molecule has 0 aliphatic heterocycles. The number of nitrogens with one attached hydrogen (secondary N) is 2. The van der Waals surface area contributed by atoms with Crippen molar-refractivity contribution in [1.82, 2.24) is 30.0 Å². The quantitative estimate of drug-likeness (QED) is 0.357. The van der Waals surface area contributed by atoms with Gasteiger partial charge in [0, 0.05) is 30.3 Å². The van der Waals surface area contributed by atoms with Crippen LogP contribution in [0.4, 0.5) is 5.95 Å². The van der Waals surface area contributed by atoms with Crippen molar-refractivity contribution < 1.29 is 9.21 Å². The van der Waals surface area contributed by atoms with E-state index >= 15 is 0 Å². The van der Waals surface area contributed by atoms with Crippen molar-refractivity contribution in [3.05, 3.63) is 47.0 Å². The molecule has 1 unspecified atom stereocenters. The van der Waals surface area contributed by atoms with Crippen molar-refractivity contribution in [3.8, 4) is 23.2 Å². The van der Waals surface area contributed by atoms with Crippen LogP contribution in [0.25, 0.3) is 28.2 Å². The minimum Gasteiger partial charge on any atom is -0.445 e. The van der Waals surface area contributed by atoms with E-state index in [2.05, 4.69) is 47.7 Å². The standard InChI is InChI=1S/C25H25BrN8O2/c1-14(12-27)18-10-16(4-5-17(18)22-29-8-9-36-22)34-21-19(20(26)33-34)13-30-24(32-21)31-15-6-7-25(2,11-15)23(35)28-3/h4-5,8-10,13-15H,6-7,11H2,1-3H3,(H,28,35)(H,30,31,32)/t14?,15-,25-/m1/s1. The predicted octanol–water partition coefficient (Wildman–Crippen LogP) is 4.58. The number of fused-ring (bicyclic) bond motifs is 1. The van der Waals surface area contributed by atoms with Gasteiger partial charge in [-0.25, -0.2) is 14.6 Å². The summed E-state index contributed by atoms with van der Waals surface area (Å²) in [6.45, 7) is 3.83. The van der Waals surface area contributed by atoms with Crippen LogP contribution >= 0.6 is 15.9 Å². The van der Waals surface area contributed by atoms with Gasteiger partial charge in [-0.05, 0) is 65.9 Å². The summed E-state index contributed by atoms with van der Waals surface area (Å²) in [7, 11) is 1.67. The lowest BCUT2D eigenvalue weighted by Gasteiger charge is -2.22. The first-order valence-electron chi connectivity index (χ1n) is 11.7. The zero-order chi connectivity index (χ0) is 25.4. The fourth-order valence-electron chi connectivity index (χ4n) is 4.83. The maximum absolute atomic E-state index is 12.3. The smallest absolute Gasteiger partial charge is 0.226 e. The van der Waals surface area contributed by atoms with E-state index in [0.29, 0.717) is 28.5 Å². The minimum absolute atomic E-state index is 0.0563. The molecule has 0 bridgehead atoms. The van der Waals surface area contributed by atoms with Gasteiger partial charge in [0.15, 0.2) is 5.65 Å². The Bertz CT molecular complexity index is 1480. The zero-order valence-corrected chi connectivity index (χ0v) is 21.7. The second-order valence-corrected chi connectivity index (χ2v) is 10.1. The fourth-order valence-corrected chi connectivity index (χ4v) is 5.27. The van der Waals surface area contributed by atoms with Gasteiger partial charge >= 0.3 is 0 Å². The highest BCUT2D eigenvalue weighted by Crippen LogP contribution is 2.39. The number of carbonyl (C=O) groups excluding carboxylic acids is 1. The van der Waals surface area contributed by atoms with E-state index in [1.54, 1.807) is 24.1 Å². The Hall–Kier alpha value is -3.78. The van der Waals surface area contributed by atoms with Crippen molar-refractivity contribution >= 4 is 38.8 Å². The number of aromatic nitrogens is 5. The first-order chi connectivity index (χ1) is 17.3. The molecule has 0 spiro atoms. The summed E-state index contributed by atoms with van der Waals surface area (Å²) < 4.78 is 7.83. The average Bonchev–Trinajstić information content (AvgIpc) is 3.63. The number of amides is 1. The van der Waals surface area contributed by atoms with Crippen LogP contribution in [-0.2, 0) is 4.79 Å². The first kappa shape index (κ1) is 23.9. The number of carbonyl (C=O) groups is 1. The monoisotopic (exact) mass is 548 g/mol. The fraction of sp³-hybridized carbons (Fsp3) is 0.360. The molecule has 5 rings (SSSR count). The number of benzene rings is 1. The highest BCUT2D eigenvalue weighted by Gasteiger charge is 2.41. The highest BCUT2D eigenvalue weighted by molar-refractivity contribution is 9.10. The molecular weight excluding hydrogens is 524 g/mol. The van der Waals surface area contributed by atoms with Crippen molar-refractivity contribution in [3.63, 3.8) is 0 Å². The molecule has 4 aromatic rings. The lowest BCUT2D eigenvalue weighted by atomic mass is 9.87. The predicted molar refractivity (Wildman–Crippen MR) is 137 cm³/mol. The Balaban J connectivity index is 1.50. The van der Waals surface area contributed by atoms with Crippen molar-refractivity contribution in [1.29, 1.82) is 5.26 Å². The number of oxazole rings is 1. The topological polar surface area (TPSA) is 135 Å². The van der Waals surface area contributed by atoms with Gasteiger partial charge in [0.25, 0.3) is 0 Å². The molecule has 36 heavy (non-hydrogen) atoms. The van der Waals surface area contributed by atoms with E-state index in [-0.39, 0.29) is 17.9 Å². The highest BCUT2D eigenvalue weighted by atomic mass is 79.9. The third-order valence-corrected chi connectivity index (χ3v) is 7.42. The van der Waals surface area contributed by atoms with Crippen LogP contribution in [0.2, 0.25) is 0 Å². The summed E-state index contributed by atoms with van der Waals surface area (Å²) in [6, 6.07) is 8.08. The Kier molecular flexibility index (Phi) is 6.22. The lowest BCUT2D eigenvalue weighted by Crippen LogP contribution is -2.35. The molecule has 3 aromatic heterocycles. The summed E-state index contributed by atoms with van der Waals surface area (Å²) >= 11 is 3.52. The molecule has 1 amide bonds. The number of rotatable bonds is 6. The van der Waals surface area contributed by atoms with Gasteiger partial charge in [-0.15, -0.1) is 0 Å². The Morgan fingerprint density at radius 2 is 2.22 bits per heavy atom. The van der Waals surface area contributed by atoms with E-state index in [0.717, 1.165) is 35.0 Å². The number of hydrogen-bond acceptors (Lipinski definition) is 8. The maximum atomic E-state index is 12.3. The number of nitriles is 1. The molecule has 1 fully saturated rings. The molecule has 0 saturated heterocycles. The Morgan fingerprint density at radius 3 is 2.94 bits per heavy atom. The van der Waals surface area contributed by atoms with E-state index in [9.17, 15) is 10.1 Å². The molecule has 184 valence electrons. The zero-order valence-electron chi connectivity index (χ0n) is 20.1. The largest absolute Gasteiger partial charge is 0.445 e. The van der Waals surface area contributed by atoms with Crippen LogP contribution in [0, 0.1) is 16.7 Å². The minimum atomic E-state index is -0.403. The van der Waals surface area contributed by atoms with E-state index < -0.39 is 5.41 Å². The van der Waals surface area contributed by atoms with E-state index in [1.165, 1.54) is 6.26 Å². The van der Waals surface area contributed by atoms with Crippen LogP contribution < -0.4 is 10.6 Å². The van der Waals surface area contributed by atoms with Gasteiger partial charge < -0.3 is 15.1 Å². The molecule has 1 aliphatic rings. The van der Waals surface area contributed by atoms with Gasteiger partial charge in [-0.3, -0.25) is 4.79 Å². The van der Waals surface area contributed by atoms with Gasteiger partial charge in [0.2, 0.25) is 17.7 Å². The van der Waals surface area contributed by atoms with Crippen molar-refractivity contribution in [2.75, 3.05) is 12.4 Å². The van der Waals surface area contributed by atoms with Crippen LogP contribution in [0.3, 0.4) is 0 Å². The summed E-state index contributed by atoms with van der Waals surface area (Å²) in [5.74, 6) is 0.602. The normalized spacial score (nSPS) is 20.2. The molecule has 1 saturated carbocycles. The van der Waals surface area contributed by atoms with Crippen LogP contribution in [0.1, 0.15) is 44.6 Å². The SMILES string of the molecule is CNC(=O)[C@]1(C)CC[C@@H](Nc2ncc3c(Br)nn(-c4ccc(-c5ncco5)c(C(C)C#N)c4)c3n2)C1. The van der Waals surface area contributed by atoms with Gasteiger partial charge in [0.1, 0.15) is 10.9 Å². The third-order valence-electron chi connectivity index (χ3n) is 6.83. The van der Waals surface area contributed by atoms with Crippen LogP contribution in [0.5, 0.6) is 0 Å². The van der Waals surface area contributed by atoms with Crippen molar-refractivity contribution in [2.24, 2.45) is 5.41 Å². The summed E-state index contributed by atoms with van der Waals surface area (Å²) in [5.41, 5.74) is 2.50. The molecule has 3 heterocycles. The molecule has 1 aliphatic carbocycles. The average molecular weight is 549 g/mol. The summed E-state index contributed by atoms with van der Waals surface area (Å²) in [6.07, 6.45) is 7.17. The summed E-state index contributed by atoms with van der Waals surface area (Å²) in [4.78, 5) is 25.8. The molecule has 2 N–H and O–H groups in total. The van der Waals surface area contributed by atoms with Gasteiger partial charge in [0.05, 0.1) is 29.3 Å². The van der Waals surface area contributed by atoms with E-state index in [1.807, 2.05) is 32.0 Å². The number of nitrogens with zero attached hydrogens (tertiary/aromatic N) is 6. The Morgan fingerprint density at radius 1 is 1.39 bits per heavy atom. The van der Waals surface area contributed by atoms with Crippen molar-refractivity contribution in [2.45, 2.75) is 45.1 Å².